The highest BCUT2D eigenvalue weighted by Gasteiger charge is 2.31. The minimum atomic E-state index is -3.59. The zero-order valence-electron chi connectivity index (χ0n) is 11.1. The quantitative estimate of drug-likeness (QED) is 0.856. The Morgan fingerprint density at radius 1 is 1.24 bits per heavy atom. The van der Waals surface area contributed by atoms with Crippen LogP contribution >= 0.6 is 27.3 Å². The van der Waals surface area contributed by atoms with Gasteiger partial charge in [-0.2, -0.15) is 0 Å². The molecule has 1 aliphatic rings. The molecule has 112 valence electrons. The second-order valence-corrected chi connectivity index (χ2v) is 9.40. The number of aliphatic hydroxyl groups is 1. The van der Waals surface area contributed by atoms with Crippen LogP contribution in [-0.4, -0.2) is 20.1 Å². The second kappa shape index (κ2) is 5.72. The second-order valence-electron chi connectivity index (χ2n) is 4.85. The average molecular weight is 388 g/mol. The first-order chi connectivity index (χ1) is 10.00. The minimum Gasteiger partial charge on any atom is -0.388 e. The Morgan fingerprint density at radius 2 is 2.00 bits per heavy atom. The van der Waals surface area contributed by atoms with Crippen molar-refractivity contribution in [3.63, 3.8) is 0 Å². The Kier molecular flexibility index (Phi) is 4.09. The van der Waals surface area contributed by atoms with Gasteiger partial charge in [0, 0.05) is 12.1 Å². The molecule has 0 radical (unpaired) electrons. The van der Waals surface area contributed by atoms with Crippen LogP contribution in [0.5, 0.6) is 0 Å². The van der Waals surface area contributed by atoms with Gasteiger partial charge in [0.15, 0.2) is 0 Å². The molecule has 0 amide bonds. The van der Waals surface area contributed by atoms with Crippen LogP contribution < -0.4 is 4.31 Å². The van der Waals surface area contributed by atoms with Crippen LogP contribution in [-0.2, 0) is 10.0 Å². The number of nitrogens with zero attached hydrogens (tertiary/aromatic N) is 1. The van der Waals surface area contributed by atoms with Crippen LogP contribution in [0.15, 0.2) is 44.4 Å². The molecule has 0 aliphatic carbocycles. The van der Waals surface area contributed by atoms with E-state index in [0.717, 1.165) is 3.79 Å². The number of thiophene rings is 1. The number of rotatable bonds is 2. The van der Waals surface area contributed by atoms with Crippen LogP contribution in [0, 0.1) is 0 Å². The molecule has 4 nitrogen and oxygen atoms in total. The Hall–Kier alpha value is -0.890. The summed E-state index contributed by atoms with van der Waals surface area (Å²) in [5.74, 6) is 0. The van der Waals surface area contributed by atoms with Gasteiger partial charge in [-0.25, -0.2) is 8.42 Å². The van der Waals surface area contributed by atoms with Crippen LogP contribution in [0.2, 0.25) is 0 Å². The number of hydrogen-bond acceptors (Lipinski definition) is 4. The molecule has 0 spiro atoms. The first kappa shape index (κ1) is 15.0. The van der Waals surface area contributed by atoms with Crippen molar-refractivity contribution in [2.45, 2.75) is 23.2 Å². The number of para-hydroxylation sites is 1. The van der Waals surface area contributed by atoms with Gasteiger partial charge < -0.3 is 5.11 Å². The van der Waals surface area contributed by atoms with E-state index in [1.54, 1.807) is 30.3 Å². The lowest BCUT2D eigenvalue weighted by molar-refractivity contribution is 0.168. The van der Waals surface area contributed by atoms with Gasteiger partial charge in [0.2, 0.25) is 0 Å². The Balaban J connectivity index is 2.12. The fourth-order valence-electron chi connectivity index (χ4n) is 2.50. The molecule has 1 unspecified atom stereocenters. The molecule has 1 N–H and O–H groups in total. The van der Waals surface area contributed by atoms with Crippen LogP contribution in [0.25, 0.3) is 0 Å². The van der Waals surface area contributed by atoms with E-state index >= 15 is 0 Å². The zero-order chi connectivity index (χ0) is 15.0. The van der Waals surface area contributed by atoms with Crippen molar-refractivity contribution in [3.05, 3.63) is 45.7 Å². The van der Waals surface area contributed by atoms with Crippen molar-refractivity contribution in [2.24, 2.45) is 0 Å². The zero-order valence-corrected chi connectivity index (χ0v) is 14.3. The number of hydrogen-bond donors (Lipinski definition) is 1. The predicted octanol–water partition coefficient (Wildman–Crippen LogP) is 3.53. The molecule has 0 saturated carbocycles. The van der Waals surface area contributed by atoms with E-state index in [2.05, 4.69) is 15.9 Å². The van der Waals surface area contributed by atoms with E-state index in [1.807, 2.05) is 6.07 Å². The molecule has 1 aromatic heterocycles. The lowest BCUT2D eigenvalue weighted by atomic mass is 10.1. The number of halogens is 1. The molecule has 3 rings (SSSR count). The molecule has 21 heavy (non-hydrogen) atoms. The molecule has 0 fully saturated rings. The summed E-state index contributed by atoms with van der Waals surface area (Å²) < 4.78 is 28.2. The molecule has 0 saturated heterocycles. The van der Waals surface area contributed by atoms with Gasteiger partial charge in [0.25, 0.3) is 10.0 Å². The lowest BCUT2D eigenvalue weighted by Crippen LogP contribution is -2.31. The molecule has 2 aromatic rings. The molecule has 1 aliphatic heterocycles. The summed E-state index contributed by atoms with van der Waals surface area (Å²) >= 11 is 4.50. The lowest BCUT2D eigenvalue weighted by Gasteiger charge is -2.24. The van der Waals surface area contributed by atoms with Crippen LogP contribution in [0.4, 0.5) is 5.69 Å². The van der Waals surface area contributed by atoms with Crippen molar-refractivity contribution in [1.82, 2.24) is 0 Å². The van der Waals surface area contributed by atoms with E-state index < -0.39 is 16.1 Å². The van der Waals surface area contributed by atoms with E-state index in [9.17, 15) is 13.5 Å². The normalized spacial score (nSPS) is 19.1. The number of anilines is 1. The third kappa shape index (κ3) is 2.75. The minimum absolute atomic E-state index is 0.306. The Morgan fingerprint density at radius 3 is 2.71 bits per heavy atom. The van der Waals surface area contributed by atoms with Gasteiger partial charge in [-0.15, -0.1) is 11.3 Å². The van der Waals surface area contributed by atoms with E-state index in [4.69, 9.17) is 0 Å². The van der Waals surface area contributed by atoms with Gasteiger partial charge in [0.1, 0.15) is 4.21 Å². The smallest absolute Gasteiger partial charge is 0.273 e. The van der Waals surface area contributed by atoms with E-state index in [0.29, 0.717) is 34.8 Å². The van der Waals surface area contributed by atoms with Gasteiger partial charge >= 0.3 is 0 Å². The van der Waals surface area contributed by atoms with Gasteiger partial charge in [-0.1, -0.05) is 18.2 Å². The first-order valence-electron chi connectivity index (χ1n) is 6.55. The Labute approximate surface area is 136 Å². The fourth-order valence-corrected chi connectivity index (χ4v) is 6.15. The molecule has 2 heterocycles. The monoisotopic (exact) mass is 387 g/mol. The van der Waals surface area contributed by atoms with Crippen molar-refractivity contribution < 1.29 is 13.5 Å². The number of benzene rings is 1. The topological polar surface area (TPSA) is 57.6 Å². The summed E-state index contributed by atoms with van der Waals surface area (Å²) in [4.78, 5) is 0. The maximum Gasteiger partial charge on any atom is 0.273 e. The molecule has 1 atom stereocenters. The summed E-state index contributed by atoms with van der Waals surface area (Å²) in [7, 11) is -3.59. The highest BCUT2D eigenvalue weighted by molar-refractivity contribution is 9.11. The first-order valence-corrected chi connectivity index (χ1v) is 9.60. The van der Waals surface area contributed by atoms with Crippen LogP contribution in [0.1, 0.15) is 24.5 Å². The van der Waals surface area contributed by atoms with Crippen LogP contribution in [0.3, 0.4) is 0 Å². The molecular formula is C14H14BrNO3S2. The largest absolute Gasteiger partial charge is 0.388 e. The maximum atomic E-state index is 12.9. The van der Waals surface area contributed by atoms with Gasteiger partial charge in [0.05, 0.1) is 15.6 Å². The third-order valence-corrected chi connectivity index (χ3v) is 7.40. The van der Waals surface area contributed by atoms with Gasteiger partial charge in [-0.05, 0) is 47.0 Å². The van der Waals surface area contributed by atoms with E-state index in [1.165, 1.54) is 15.6 Å². The summed E-state index contributed by atoms with van der Waals surface area (Å²) in [5.41, 5.74) is 1.25. The van der Waals surface area contributed by atoms with Crippen molar-refractivity contribution in [1.29, 1.82) is 0 Å². The number of fused-ring (bicyclic) bond motifs is 1. The fraction of sp³-hybridized carbons (Fsp3) is 0.286. The summed E-state index contributed by atoms with van der Waals surface area (Å²) in [6.07, 6.45) is 0.579. The van der Waals surface area contributed by atoms with Gasteiger partial charge in [-0.3, -0.25) is 4.31 Å². The number of aliphatic hydroxyl groups excluding tert-OH is 1. The molecular weight excluding hydrogens is 374 g/mol. The molecule has 7 heteroatoms. The van der Waals surface area contributed by atoms with Crippen molar-refractivity contribution in [3.8, 4) is 0 Å². The number of sulfonamides is 1. The third-order valence-electron chi connectivity index (χ3n) is 3.50. The molecule has 1 aromatic carbocycles. The van der Waals surface area contributed by atoms with E-state index in [-0.39, 0.29) is 0 Å². The van der Waals surface area contributed by atoms with Crippen molar-refractivity contribution >= 4 is 43.0 Å². The SMILES string of the molecule is O=S(=O)(c1ccc(Br)s1)N1CCCC(O)c2ccccc21. The highest BCUT2D eigenvalue weighted by Crippen LogP contribution is 2.37. The summed E-state index contributed by atoms with van der Waals surface area (Å²) in [6.45, 7) is 0.381. The summed E-state index contributed by atoms with van der Waals surface area (Å²) in [6, 6.07) is 10.5. The van der Waals surface area contributed by atoms with Crippen molar-refractivity contribution in [2.75, 3.05) is 10.8 Å². The average Bonchev–Trinajstić information content (AvgIpc) is 2.83. The summed E-state index contributed by atoms with van der Waals surface area (Å²) in [5, 5.41) is 10.2. The Bertz CT molecular complexity index is 757. The maximum absolute atomic E-state index is 12.9. The molecule has 0 bridgehead atoms. The highest BCUT2D eigenvalue weighted by atomic mass is 79.9. The predicted molar refractivity (Wildman–Crippen MR) is 87.2 cm³/mol. The standard InChI is InChI=1S/C14H14BrNO3S2/c15-13-7-8-14(20-13)21(18,19)16-9-3-6-12(17)10-4-1-2-5-11(10)16/h1-2,4-5,7-8,12,17H,3,6,9H2.